The maximum atomic E-state index is 12.4. The molecule has 1 rings (SSSR count). The quantitative estimate of drug-likeness (QED) is 0.701. The second kappa shape index (κ2) is 4.43. The van der Waals surface area contributed by atoms with Gasteiger partial charge in [-0.3, -0.25) is 0 Å². The highest BCUT2D eigenvalue weighted by Gasteiger charge is 2.17. The molecule has 0 aromatic heterocycles. The minimum Gasteiger partial charge on any atom is -0.456 e. The van der Waals surface area contributed by atoms with Gasteiger partial charge in [-0.25, -0.2) is 9.18 Å². The first-order valence-electron chi connectivity index (χ1n) is 4.80. The third-order valence-electron chi connectivity index (χ3n) is 1.72. The molecule has 0 aliphatic rings. The van der Waals surface area contributed by atoms with Crippen LogP contribution >= 0.6 is 0 Å². The van der Waals surface area contributed by atoms with E-state index in [2.05, 4.69) is 0 Å². The fourth-order valence-electron chi connectivity index (χ4n) is 1.12. The average Bonchev–Trinajstić information content (AvgIpc) is 2.15. The van der Waals surface area contributed by atoms with Gasteiger partial charge in [0.1, 0.15) is 12.3 Å². The van der Waals surface area contributed by atoms with E-state index in [1.165, 1.54) is 6.07 Å². The van der Waals surface area contributed by atoms with Crippen molar-refractivity contribution in [1.82, 2.24) is 0 Å². The van der Waals surface area contributed by atoms with E-state index >= 15 is 0 Å². The van der Waals surface area contributed by atoms with Crippen molar-refractivity contribution in [2.75, 3.05) is 0 Å². The average molecular weight is 210 g/mol. The largest absolute Gasteiger partial charge is 0.456 e. The number of alkyl halides is 1. The molecule has 2 nitrogen and oxygen atoms in total. The summed E-state index contributed by atoms with van der Waals surface area (Å²) in [6, 6.07) is 6.41. The van der Waals surface area contributed by atoms with Crippen molar-refractivity contribution in [2.24, 2.45) is 0 Å². The van der Waals surface area contributed by atoms with E-state index in [9.17, 15) is 9.18 Å². The van der Waals surface area contributed by atoms with Gasteiger partial charge >= 0.3 is 5.97 Å². The molecule has 0 N–H and O–H groups in total. The third-order valence-corrected chi connectivity index (χ3v) is 1.72. The first-order valence-corrected chi connectivity index (χ1v) is 4.80. The molecule has 0 aliphatic carbocycles. The molecule has 0 radical (unpaired) electrons. The SMILES string of the molecule is CC(C)(C)OC(=O)c1cccc(CF)c1. The Hall–Kier alpha value is -1.38. The van der Waals surface area contributed by atoms with Crippen LogP contribution in [0.15, 0.2) is 24.3 Å². The molecule has 15 heavy (non-hydrogen) atoms. The number of carbonyl (C=O) groups is 1. The predicted octanol–water partition coefficient (Wildman–Crippen LogP) is 3.11. The van der Waals surface area contributed by atoms with E-state index < -0.39 is 18.2 Å². The maximum absolute atomic E-state index is 12.4. The number of benzene rings is 1. The standard InChI is InChI=1S/C12H15FO2/c1-12(2,3)15-11(14)10-6-4-5-9(7-10)8-13/h4-7H,8H2,1-3H3. The summed E-state index contributed by atoms with van der Waals surface area (Å²) in [5, 5.41) is 0. The highest BCUT2D eigenvalue weighted by molar-refractivity contribution is 5.89. The summed E-state index contributed by atoms with van der Waals surface area (Å²) in [5.74, 6) is -0.419. The maximum Gasteiger partial charge on any atom is 0.338 e. The van der Waals surface area contributed by atoms with Gasteiger partial charge in [-0.05, 0) is 38.5 Å². The van der Waals surface area contributed by atoms with Gasteiger partial charge in [0.25, 0.3) is 0 Å². The Kier molecular flexibility index (Phi) is 3.45. The van der Waals surface area contributed by atoms with Crippen molar-refractivity contribution in [3.63, 3.8) is 0 Å². The van der Waals surface area contributed by atoms with Crippen molar-refractivity contribution in [2.45, 2.75) is 33.0 Å². The fourth-order valence-corrected chi connectivity index (χ4v) is 1.12. The van der Waals surface area contributed by atoms with E-state index in [0.717, 1.165) is 0 Å². The fraction of sp³-hybridized carbons (Fsp3) is 0.417. The van der Waals surface area contributed by atoms with Crippen LogP contribution in [0, 0.1) is 0 Å². The minimum atomic E-state index is -0.573. The van der Waals surface area contributed by atoms with Gasteiger partial charge in [-0.2, -0.15) is 0 Å². The number of rotatable bonds is 2. The molecule has 0 saturated heterocycles. The topological polar surface area (TPSA) is 26.3 Å². The Morgan fingerprint density at radius 2 is 2.07 bits per heavy atom. The summed E-state index contributed by atoms with van der Waals surface area (Å²) >= 11 is 0. The summed E-state index contributed by atoms with van der Waals surface area (Å²) in [5.41, 5.74) is 0.349. The highest BCUT2D eigenvalue weighted by Crippen LogP contribution is 2.13. The predicted molar refractivity (Wildman–Crippen MR) is 56.4 cm³/mol. The summed E-state index contributed by atoms with van der Waals surface area (Å²) in [6.45, 7) is 4.81. The van der Waals surface area contributed by atoms with E-state index in [0.29, 0.717) is 11.1 Å². The molecule has 0 atom stereocenters. The number of hydrogen-bond acceptors (Lipinski definition) is 2. The van der Waals surface area contributed by atoms with Crippen molar-refractivity contribution in [3.05, 3.63) is 35.4 Å². The first-order chi connectivity index (χ1) is 6.92. The Morgan fingerprint density at radius 3 is 2.60 bits per heavy atom. The second-order valence-electron chi connectivity index (χ2n) is 4.34. The van der Waals surface area contributed by atoms with E-state index in [1.807, 2.05) is 0 Å². The molecular weight excluding hydrogens is 195 g/mol. The van der Waals surface area contributed by atoms with Gasteiger partial charge in [-0.15, -0.1) is 0 Å². The number of halogens is 1. The lowest BCUT2D eigenvalue weighted by Gasteiger charge is -2.19. The van der Waals surface area contributed by atoms with Crippen molar-refractivity contribution >= 4 is 5.97 Å². The molecule has 0 amide bonds. The smallest absolute Gasteiger partial charge is 0.338 e. The molecule has 3 heteroatoms. The lowest BCUT2D eigenvalue weighted by Crippen LogP contribution is -2.23. The van der Waals surface area contributed by atoms with Crippen LogP contribution in [0.3, 0.4) is 0 Å². The van der Waals surface area contributed by atoms with E-state index in [1.54, 1.807) is 39.0 Å². The Balaban J connectivity index is 2.82. The van der Waals surface area contributed by atoms with Crippen LogP contribution in [0.5, 0.6) is 0 Å². The molecule has 0 spiro atoms. The molecule has 0 fully saturated rings. The van der Waals surface area contributed by atoms with Crippen molar-refractivity contribution < 1.29 is 13.9 Å². The van der Waals surface area contributed by atoms with Crippen molar-refractivity contribution in [3.8, 4) is 0 Å². The summed E-state index contributed by atoms with van der Waals surface area (Å²) in [7, 11) is 0. The zero-order valence-electron chi connectivity index (χ0n) is 9.21. The van der Waals surface area contributed by atoms with Gasteiger partial charge in [-0.1, -0.05) is 12.1 Å². The van der Waals surface area contributed by atoms with Gasteiger partial charge in [0, 0.05) is 0 Å². The summed E-state index contributed by atoms with van der Waals surface area (Å²) in [6.07, 6.45) is 0. The molecule has 1 aromatic rings. The molecule has 0 aliphatic heterocycles. The van der Waals surface area contributed by atoms with Crippen LogP contribution in [-0.4, -0.2) is 11.6 Å². The van der Waals surface area contributed by atoms with E-state index in [4.69, 9.17) is 4.74 Å². The van der Waals surface area contributed by atoms with Gasteiger partial charge in [0.05, 0.1) is 5.56 Å². The van der Waals surface area contributed by atoms with Crippen LogP contribution in [-0.2, 0) is 11.4 Å². The van der Waals surface area contributed by atoms with Crippen LogP contribution in [0.1, 0.15) is 36.7 Å². The Morgan fingerprint density at radius 1 is 1.40 bits per heavy atom. The number of hydrogen-bond donors (Lipinski definition) is 0. The third kappa shape index (κ3) is 3.70. The Bertz CT molecular complexity index is 353. The number of ether oxygens (including phenoxy) is 1. The second-order valence-corrected chi connectivity index (χ2v) is 4.34. The molecule has 0 bridgehead atoms. The first kappa shape index (κ1) is 11.7. The molecule has 82 valence electrons. The molecule has 0 saturated carbocycles. The van der Waals surface area contributed by atoms with Crippen LogP contribution in [0.2, 0.25) is 0 Å². The van der Waals surface area contributed by atoms with Crippen LogP contribution in [0.4, 0.5) is 4.39 Å². The normalized spacial score (nSPS) is 11.2. The summed E-state index contributed by atoms with van der Waals surface area (Å²) < 4.78 is 17.5. The van der Waals surface area contributed by atoms with Crippen LogP contribution in [0.25, 0.3) is 0 Å². The Labute approximate surface area is 89.1 Å². The lowest BCUT2D eigenvalue weighted by molar-refractivity contribution is 0.00694. The zero-order chi connectivity index (χ0) is 11.5. The highest BCUT2D eigenvalue weighted by atomic mass is 19.1. The molecule has 1 aromatic carbocycles. The summed E-state index contributed by atoms with van der Waals surface area (Å²) in [4.78, 5) is 11.6. The molecular formula is C12H15FO2. The lowest BCUT2D eigenvalue weighted by atomic mass is 10.1. The minimum absolute atomic E-state index is 0.389. The van der Waals surface area contributed by atoms with Gasteiger partial charge in [0.15, 0.2) is 0 Å². The van der Waals surface area contributed by atoms with Crippen LogP contribution < -0.4 is 0 Å². The molecule has 0 unspecified atom stereocenters. The van der Waals surface area contributed by atoms with Gasteiger partial charge in [0.2, 0.25) is 0 Å². The van der Waals surface area contributed by atoms with Crippen molar-refractivity contribution in [1.29, 1.82) is 0 Å². The zero-order valence-corrected chi connectivity index (χ0v) is 9.21. The van der Waals surface area contributed by atoms with Gasteiger partial charge < -0.3 is 4.74 Å². The van der Waals surface area contributed by atoms with E-state index in [-0.39, 0.29) is 0 Å². The number of carbonyl (C=O) groups excluding carboxylic acids is 1. The number of esters is 1. The monoisotopic (exact) mass is 210 g/mol. The molecule has 0 heterocycles.